The van der Waals surface area contributed by atoms with Crippen molar-refractivity contribution in [1.82, 2.24) is 5.01 Å². The molecule has 2 aliphatic heterocycles. The van der Waals surface area contributed by atoms with E-state index < -0.39 is 0 Å². The van der Waals surface area contributed by atoms with Gasteiger partial charge < -0.3 is 18.6 Å². The molecule has 0 spiro atoms. The second kappa shape index (κ2) is 6.88. The maximum absolute atomic E-state index is 6.44. The van der Waals surface area contributed by atoms with Crippen molar-refractivity contribution in [1.29, 1.82) is 0 Å². The molecule has 0 unspecified atom stereocenters. The summed E-state index contributed by atoms with van der Waals surface area (Å²) in [5, 5.41) is 6.93. The first-order valence-corrected chi connectivity index (χ1v) is 9.58. The third-order valence-corrected chi connectivity index (χ3v) is 5.43. The number of rotatable bonds is 4. The average molecular weight is 390 g/mol. The Bertz CT molecular complexity index is 1070. The Hall–Kier alpha value is -3.41. The zero-order valence-corrected chi connectivity index (χ0v) is 16.6. The fraction of sp³-hybridized carbons (Fsp3) is 0.261. The van der Waals surface area contributed by atoms with Crippen molar-refractivity contribution in [2.45, 2.75) is 25.6 Å². The molecule has 6 heteroatoms. The summed E-state index contributed by atoms with van der Waals surface area (Å²) in [5.41, 5.74) is 2.98. The number of hydrogen-bond donors (Lipinski definition) is 0. The normalized spacial score (nSPS) is 19.8. The van der Waals surface area contributed by atoms with Crippen LogP contribution >= 0.6 is 0 Å². The summed E-state index contributed by atoms with van der Waals surface area (Å²) in [7, 11) is 3.32. The van der Waals surface area contributed by atoms with Gasteiger partial charge in [0.05, 0.1) is 20.3 Å². The lowest BCUT2D eigenvalue weighted by molar-refractivity contribution is -0.0209. The molecule has 0 radical (unpaired) electrons. The Morgan fingerprint density at radius 2 is 1.83 bits per heavy atom. The molecule has 6 nitrogen and oxygen atoms in total. The fourth-order valence-electron chi connectivity index (χ4n) is 3.97. The van der Waals surface area contributed by atoms with E-state index in [0.717, 1.165) is 52.0 Å². The van der Waals surface area contributed by atoms with E-state index in [9.17, 15) is 0 Å². The van der Waals surface area contributed by atoms with Crippen LogP contribution in [0.15, 0.2) is 64.1 Å². The lowest BCUT2D eigenvalue weighted by atomic mass is 9.97. The van der Waals surface area contributed by atoms with Crippen molar-refractivity contribution in [3.8, 4) is 17.2 Å². The number of hydrogen-bond acceptors (Lipinski definition) is 6. The zero-order chi connectivity index (χ0) is 20.0. The molecule has 0 amide bonds. The summed E-state index contributed by atoms with van der Waals surface area (Å²) < 4.78 is 23.2. The Labute approximate surface area is 169 Å². The molecule has 0 saturated carbocycles. The van der Waals surface area contributed by atoms with Crippen molar-refractivity contribution in [2.75, 3.05) is 14.2 Å². The number of furan rings is 1. The van der Waals surface area contributed by atoms with E-state index in [-0.39, 0.29) is 12.3 Å². The van der Waals surface area contributed by atoms with Crippen LogP contribution in [0, 0.1) is 6.92 Å². The summed E-state index contributed by atoms with van der Waals surface area (Å²) in [6.45, 7) is 1.94. The van der Waals surface area contributed by atoms with Gasteiger partial charge in [0, 0.05) is 17.5 Å². The Morgan fingerprint density at radius 1 is 1.00 bits per heavy atom. The second-order valence-corrected chi connectivity index (χ2v) is 7.18. The molecular weight excluding hydrogens is 368 g/mol. The highest BCUT2D eigenvalue weighted by molar-refractivity contribution is 5.99. The van der Waals surface area contributed by atoms with E-state index in [0.29, 0.717) is 0 Å². The van der Waals surface area contributed by atoms with Gasteiger partial charge in [-0.05, 0) is 49.4 Å². The lowest BCUT2D eigenvalue weighted by Crippen LogP contribution is -2.33. The van der Waals surface area contributed by atoms with Crippen molar-refractivity contribution in [2.24, 2.45) is 5.10 Å². The molecule has 0 N–H and O–H groups in total. The van der Waals surface area contributed by atoms with Gasteiger partial charge in [-0.1, -0.05) is 12.1 Å². The molecule has 0 aliphatic carbocycles. The van der Waals surface area contributed by atoms with Crippen molar-refractivity contribution in [3.63, 3.8) is 0 Å². The highest BCUT2D eigenvalue weighted by atomic mass is 16.5. The summed E-state index contributed by atoms with van der Waals surface area (Å²) >= 11 is 0. The van der Waals surface area contributed by atoms with Crippen LogP contribution in [0.3, 0.4) is 0 Å². The molecule has 5 rings (SSSR count). The highest BCUT2D eigenvalue weighted by Gasteiger charge is 2.42. The quantitative estimate of drug-likeness (QED) is 0.638. The Morgan fingerprint density at radius 3 is 2.52 bits per heavy atom. The van der Waals surface area contributed by atoms with Gasteiger partial charge in [0.2, 0.25) is 6.23 Å². The Kier molecular flexibility index (Phi) is 4.19. The third kappa shape index (κ3) is 2.92. The number of ether oxygens (including phenoxy) is 3. The van der Waals surface area contributed by atoms with E-state index >= 15 is 0 Å². The molecule has 2 aliphatic rings. The smallest absolute Gasteiger partial charge is 0.214 e. The fourth-order valence-corrected chi connectivity index (χ4v) is 3.97. The maximum Gasteiger partial charge on any atom is 0.214 e. The van der Waals surface area contributed by atoms with Crippen LogP contribution < -0.4 is 14.2 Å². The average Bonchev–Trinajstić information content (AvgIpc) is 3.39. The number of benzene rings is 2. The highest BCUT2D eigenvalue weighted by Crippen LogP contribution is 2.50. The molecule has 2 atom stereocenters. The van der Waals surface area contributed by atoms with Crippen LogP contribution in [0.2, 0.25) is 0 Å². The van der Waals surface area contributed by atoms with E-state index in [1.165, 1.54) is 0 Å². The number of hydrazone groups is 1. The van der Waals surface area contributed by atoms with Crippen LogP contribution in [0.4, 0.5) is 0 Å². The maximum atomic E-state index is 6.44. The van der Waals surface area contributed by atoms with Gasteiger partial charge in [0.15, 0.2) is 11.5 Å². The van der Waals surface area contributed by atoms with Gasteiger partial charge >= 0.3 is 0 Å². The molecular formula is C23H22N2O4. The largest absolute Gasteiger partial charge is 0.497 e. The predicted octanol–water partition coefficient (Wildman–Crippen LogP) is 4.85. The van der Waals surface area contributed by atoms with Gasteiger partial charge in [0.25, 0.3) is 0 Å². The minimum atomic E-state index is -0.372. The van der Waals surface area contributed by atoms with Crippen LogP contribution in [-0.4, -0.2) is 24.9 Å². The second-order valence-electron chi connectivity index (χ2n) is 7.18. The van der Waals surface area contributed by atoms with Gasteiger partial charge in [-0.15, -0.1) is 0 Å². The third-order valence-electron chi connectivity index (χ3n) is 5.43. The molecule has 0 saturated heterocycles. The first kappa shape index (κ1) is 17.7. The molecule has 3 aromatic rings. The van der Waals surface area contributed by atoms with Gasteiger partial charge in [0.1, 0.15) is 23.0 Å². The monoisotopic (exact) mass is 390 g/mol. The molecule has 0 fully saturated rings. The summed E-state index contributed by atoms with van der Waals surface area (Å²) in [6.07, 6.45) is 0.367. The first-order valence-electron chi connectivity index (χ1n) is 9.58. The van der Waals surface area contributed by atoms with E-state index in [1.54, 1.807) is 14.2 Å². The first-order chi connectivity index (χ1) is 14.2. The van der Waals surface area contributed by atoms with Gasteiger partial charge in [-0.3, -0.25) is 0 Å². The molecule has 1 aromatic heterocycles. The molecule has 3 heterocycles. The minimum absolute atomic E-state index is 0.0429. The number of fused-ring (bicyclic) bond motifs is 3. The number of aryl methyl sites for hydroxylation is 1. The molecule has 148 valence electrons. The number of nitrogens with zero attached hydrogens (tertiary/aromatic N) is 2. The van der Waals surface area contributed by atoms with Crippen LogP contribution in [0.5, 0.6) is 17.2 Å². The summed E-state index contributed by atoms with van der Waals surface area (Å²) in [6, 6.07) is 17.8. The van der Waals surface area contributed by atoms with E-state index in [2.05, 4.69) is 6.07 Å². The van der Waals surface area contributed by atoms with Gasteiger partial charge in [-0.2, -0.15) is 5.10 Å². The van der Waals surface area contributed by atoms with E-state index in [4.69, 9.17) is 23.7 Å². The van der Waals surface area contributed by atoms with Crippen LogP contribution in [-0.2, 0) is 0 Å². The number of methoxy groups -OCH3 is 2. The van der Waals surface area contributed by atoms with Crippen LogP contribution in [0.25, 0.3) is 0 Å². The van der Waals surface area contributed by atoms with E-state index in [1.807, 2.05) is 60.5 Å². The molecule has 29 heavy (non-hydrogen) atoms. The SMILES string of the molecule is COc1ccc([C@@H]2Oc3c(OC)cccc3[C@H]3CC(c4ccc(C)o4)=NN32)cc1. The topological polar surface area (TPSA) is 56.4 Å². The molecule has 0 bridgehead atoms. The standard InChI is InChI=1S/C23H22N2O4/c1-14-7-12-20(28-14)18-13-19-17-5-4-6-21(27-3)22(17)29-23(25(19)24-18)15-8-10-16(26-2)11-9-15/h4-12,19,23H,13H2,1-3H3/t19-,23+/m1/s1. The lowest BCUT2D eigenvalue weighted by Gasteiger charge is -2.38. The Balaban J connectivity index is 1.60. The summed E-state index contributed by atoms with van der Waals surface area (Å²) in [4.78, 5) is 0. The van der Waals surface area contributed by atoms with Crippen molar-refractivity contribution < 1.29 is 18.6 Å². The predicted molar refractivity (Wildman–Crippen MR) is 109 cm³/mol. The molecule has 2 aromatic carbocycles. The summed E-state index contributed by atoms with van der Waals surface area (Å²) in [5.74, 6) is 3.97. The van der Waals surface area contributed by atoms with Crippen LogP contribution in [0.1, 0.15) is 41.3 Å². The van der Waals surface area contributed by atoms with Gasteiger partial charge in [-0.25, -0.2) is 5.01 Å². The number of para-hydroxylation sites is 1. The minimum Gasteiger partial charge on any atom is -0.497 e. The van der Waals surface area contributed by atoms with Crippen molar-refractivity contribution in [3.05, 3.63) is 77.2 Å². The zero-order valence-electron chi connectivity index (χ0n) is 16.6. The van der Waals surface area contributed by atoms with Crippen molar-refractivity contribution >= 4 is 5.71 Å².